The molecule has 0 bridgehead atoms. The number of anilines is 2. The van der Waals surface area contributed by atoms with E-state index in [9.17, 15) is 9.18 Å². The third kappa shape index (κ3) is 2.73. The third-order valence-corrected chi connectivity index (χ3v) is 2.93. The number of halogens is 1. The summed E-state index contributed by atoms with van der Waals surface area (Å²) >= 11 is 0. The number of benzene rings is 2. The van der Waals surface area contributed by atoms with Gasteiger partial charge < -0.3 is 10.6 Å². The fraction of sp³-hybridized carbons (Fsp3) is 0.133. The summed E-state index contributed by atoms with van der Waals surface area (Å²) in [5.74, 6) is -0.693. The number of aryl methyl sites for hydroxylation is 1. The van der Waals surface area contributed by atoms with Gasteiger partial charge in [-0.2, -0.15) is 0 Å². The summed E-state index contributed by atoms with van der Waals surface area (Å²) < 4.78 is 13.7. The molecule has 2 N–H and O–H groups in total. The molecule has 2 aromatic carbocycles. The van der Waals surface area contributed by atoms with Crippen LogP contribution in [0.5, 0.6) is 0 Å². The van der Waals surface area contributed by atoms with Gasteiger partial charge in [-0.05, 0) is 48.9 Å². The number of rotatable bonds is 2. The van der Waals surface area contributed by atoms with Crippen molar-refractivity contribution in [3.05, 3.63) is 59.4 Å². The van der Waals surface area contributed by atoms with E-state index in [0.717, 1.165) is 5.56 Å². The van der Waals surface area contributed by atoms with E-state index in [4.69, 9.17) is 5.73 Å². The normalized spacial score (nSPS) is 10.3. The second-order valence-corrected chi connectivity index (χ2v) is 4.44. The van der Waals surface area contributed by atoms with Gasteiger partial charge in [0.15, 0.2) is 0 Å². The maximum absolute atomic E-state index is 13.7. The van der Waals surface area contributed by atoms with Crippen LogP contribution in [0.2, 0.25) is 0 Å². The Morgan fingerprint density at radius 3 is 2.42 bits per heavy atom. The van der Waals surface area contributed by atoms with Gasteiger partial charge in [0, 0.05) is 18.3 Å². The third-order valence-electron chi connectivity index (χ3n) is 2.93. The maximum atomic E-state index is 13.7. The number of nitrogens with zero attached hydrogens (tertiary/aromatic N) is 1. The number of nitrogen functional groups attached to an aromatic ring is 1. The van der Waals surface area contributed by atoms with Crippen LogP contribution in [0.3, 0.4) is 0 Å². The van der Waals surface area contributed by atoms with Crippen LogP contribution >= 0.6 is 0 Å². The molecule has 0 fully saturated rings. The van der Waals surface area contributed by atoms with Crippen molar-refractivity contribution in [2.75, 3.05) is 17.7 Å². The Labute approximate surface area is 111 Å². The lowest BCUT2D eigenvalue weighted by Gasteiger charge is -2.18. The van der Waals surface area contributed by atoms with E-state index in [1.54, 1.807) is 43.4 Å². The molecule has 0 saturated carbocycles. The SMILES string of the molecule is Cc1ccc(F)c(N(C)C(=O)c2ccc(N)cc2)c1. The largest absolute Gasteiger partial charge is 0.399 e. The van der Waals surface area contributed by atoms with Crippen LogP contribution < -0.4 is 10.6 Å². The van der Waals surface area contributed by atoms with Crippen molar-refractivity contribution in [1.29, 1.82) is 0 Å². The van der Waals surface area contributed by atoms with Crippen LogP contribution in [0.15, 0.2) is 42.5 Å². The zero-order valence-corrected chi connectivity index (χ0v) is 10.9. The van der Waals surface area contributed by atoms with Crippen molar-refractivity contribution >= 4 is 17.3 Å². The quantitative estimate of drug-likeness (QED) is 0.842. The van der Waals surface area contributed by atoms with Crippen molar-refractivity contribution < 1.29 is 9.18 Å². The van der Waals surface area contributed by atoms with E-state index in [-0.39, 0.29) is 11.6 Å². The number of amides is 1. The molecule has 98 valence electrons. The monoisotopic (exact) mass is 258 g/mol. The first-order chi connectivity index (χ1) is 8.99. The molecule has 4 heteroatoms. The lowest BCUT2D eigenvalue weighted by molar-refractivity contribution is 0.0992. The highest BCUT2D eigenvalue weighted by molar-refractivity contribution is 6.05. The number of carbonyl (C=O) groups excluding carboxylic acids is 1. The minimum atomic E-state index is -0.420. The Morgan fingerprint density at radius 2 is 1.79 bits per heavy atom. The van der Waals surface area contributed by atoms with E-state index < -0.39 is 5.82 Å². The van der Waals surface area contributed by atoms with E-state index in [2.05, 4.69) is 0 Å². The molecule has 0 aliphatic heterocycles. The van der Waals surface area contributed by atoms with Crippen molar-refractivity contribution in [3.8, 4) is 0 Å². The van der Waals surface area contributed by atoms with Crippen molar-refractivity contribution in [2.24, 2.45) is 0 Å². The molecular weight excluding hydrogens is 243 g/mol. The summed E-state index contributed by atoms with van der Waals surface area (Å²) in [7, 11) is 1.55. The first kappa shape index (κ1) is 13.1. The van der Waals surface area contributed by atoms with Crippen LogP contribution in [-0.4, -0.2) is 13.0 Å². The molecule has 19 heavy (non-hydrogen) atoms. The highest BCUT2D eigenvalue weighted by Gasteiger charge is 2.16. The number of nitrogens with two attached hydrogens (primary N) is 1. The molecule has 0 atom stereocenters. The van der Waals surface area contributed by atoms with E-state index >= 15 is 0 Å². The Hall–Kier alpha value is -2.36. The van der Waals surface area contributed by atoms with Gasteiger partial charge in [0.25, 0.3) is 5.91 Å². The predicted molar refractivity (Wildman–Crippen MR) is 74.7 cm³/mol. The minimum absolute atomic E-state index is 0.266. The first-order valence-corrected chi connectivity index (χ1v) is 5.89. The molecule has 0 saturated heterocycles. The fourth-order valence-electron chi connectivity index (χ4n) is 1.81. The average molecular weight is 258 g/mol. The highest BCUT2D eigenvalue weighted by Crippen LogP contribution is 2.21. The second kappa shape index (κ2) is 5.10. The number of carbonyl (C=O) groups is 1. The zero-order valence-electron chi connectivity index (χ0n) is 10.9. The fourth-order valence-corrected chi connectivity index (χ4v) is 1.81. The van der Waals surface area contributed by atoms with E-state index in [1.165, 1.54) is 11.0 Å². The number of hydrogen-bond acceptors (Lipinski definition) is 2. The first-order valence-electron chi connectivity index (χ1n) is 5.89. The van der Waals surface area contributed by atoms with Crippen molar-refractivity contribution in [2.45, 2.75) is 6.92 Å². The standard InChI is InChI=1S/C15H15FN2O/c1-10-3-8-13(16)14(9-10)18(2)15(19)11-4-6-12(17)7-5-11/h3-9H,17H2,1-2H3. The Morgan fingerprint density at radius 1 is 1.16 bits per heavy atom. The van der Waals surface area contributed by atoms with Gasteiger partial charge in [-0.25, -0.2) is 4.39 Å². The molecule has 0 aliphatic carbocycles. The molecule has 2 rings (SSSR count). The van der Waals surface area contributed by atoms with Crippen LogP contribution in [0.25, 0.3) is 0 Å². The van der Waals surface area contributed by atoms with Crippen LogP contribution in [0.4, 0.5) is 15.8 Å². The van der Waals surface area contributed by atoms with Gasteiger partial charge in [0.05, 0.1) is 5.69 Å². The predicted octanol–water partition coefficient (Wildman–Crippen LogP) is 2.99. The van der Waals surface area contributed by atoms with Gasteiger partial charge >= 0.3 is 0 Å². The van der Waals surface area contributed by atoms with E-state index in [1.807, 2.05) is 6.92 Å². The van der Waals surface area contributed by atoms with Crippen molar-refractivity contribution in [1.82, 2.24) is 0 Å². The summed E-state index contributed by atoms with van der Waals surface area (Å²) in [6.07, 6.45) is 0. The molecule has 2 aromatic rings. The molecule has 0 radical (unpaired) electrons. The molecule has 3 nitrogen and oxygen atoms in total. The van der Waals surface area contributed by atoms with Crippen LogP contribution in [-0.2, 0) is 0 Å². The minimum Gasteiger partial charge on any atom is -0.399 e. The zero-order chi connectivity index (χ0) is 14.0. The van der Waals surface area contributed by atoms with Gasteiger partial charge in [-0.3, -0.25) is 4.79 Å². The topological polar surface area (TPSA) is 46.3 Å². The summed E-state index contributed by atoms with van der Waals surface area (Å²) in [6, 6.07) is 11.2. The Balaban J connectivity index is 2.33. The Kier molecular flexibility index (Phi) is 3.51. The lowest BCUT2D eigenvalue weighted by atomic mass is 10.1. The van der Waals surface area contributed by atoms with Crippen molar-refractivity contribution in [3.63, 3.8) is 0 Å². The highest BCUT2D eigenvalue weighted by atomic mass is 19.1. The number of hydrogen-bond donors (Lipinski definition) is 1. The molecule has 0 aromatic heterocycles. The lowest BCUT2D eigenvalue weighted by Crippen LogP contribution is -2.27. The molecular formula is C15H15FN2O. The van der Waals surface area contributed by atoms with E-state index in [0.29, 0.717) is 11.3 Å². The van der Waals surface area contributed by atoms with Gasteiger partial charge in [0.1, 0.15) is 5.82 Å². The molecule has 0 aliphatic rings. The molecule has 0 unspecified atom stereocenters. The average Bonchev–Trinajstić information content (AvgIpc) is 2.41. The van der Waals surface area contributed by atoms with Crippen LogP contribution in [0, 0.1) is 12.7 Å². The Bertz CT molecular complexity index is 608. The second-order valence-electron chi connectivity index (χ2n) is 4.44. The summed E-state index contributed by atoms with van der Waals surface area (Å²) in [6.45, 7) is 1.85. The maximum Gasteiger partial charge on any atom is 0.258 e. The molecule has 1 amide bonds. The molecule has 0 spiro atoms. The molecule has 0 heterocycles. The summed E-state index contributed by atoms with van der Waals surface area (Å²) in [4.78, 5) is 13.5. The van der Waals surface area contributed by atoms with Gasteiger partial charge in [-0.1, -0.05) is 6.07 Å². The van der Waals surface area contributed by atoms with Crippen LogP contribution in [0.1, 0.15) is 15.9 Å². The van der Waals surface area contributed by atoms with Gasteiger partial charge in [-0.15, -0.1) is 0 Å². The summed E-state index contributed by atoms with van der Waals surface area (Å²) in [5.41, 5.74) is 7.79. The summed E-state index contributed by atoms with van der Waals surface area (Å²) in [5, 5.41) is 0. The van der Waals surface area contributed by atoms with Gasteiger partial charge in [0.2, 0.25) is 0 Å². The smallest absolute Gasteiger partial charge is 0.258 e.